The number of aliphatic carboxylic acids is 1. The molecule has 0 bridgehead atoms. The van der Waals surface area contributed by atoms with Gasteiger partial charge in [-0.15, -0.1) is 0 Å². The molecule has 116 valence electrons. The number of benzene rings is 1. The maximum absolute atomic E-state index is 10.8. The molecular weight excluding hydrogens is 338 g/mol. The summed E-state index contributed by atoms with van der Waals surface area (Å²) in [4.78, 5) is 13.0. The molecule has 0 aliphatic heterocycles. The zero-order valence-corrected chi connectivity index (χ0v) is 13.9. The molecule has 5 nitrogen and oxygen atoms in total. The summed E-state index contributed by atoms with van der Waals surface area (Å²) in [6.45, 7) is 1.28. The lowest BCUT2D eigenvalue weighted by atomic mass is 10.1. The van der Waals surface area contributed by atoms with Gasteiger partial charge in [-0.05, 0) is 30.5 Å². The lowest BCUT2D eigenvalue weighted by Crippen LogP contribution is -2.28. The summed E-state index contributed by atoms with van der Waals surface area (Å²) in [5.74, 6) is 0.605. The summed E-state index contributed by atoms with van der Waals surface area (Å²) in [7, 11) is 3.21. The van der Waals surface area contributed by atoms with E-state index < -0.39 is 5.97 Å². The predicted molar refractivity (Wildman–Crippen MR) is 82.9 cm³/mol. The second-order valence-corrected chi connectivity index (χ2v) is 6.00. The summed E-state index contributed by atoms with van der Waals surface area (Å²) in [5, 5.41) is 8.86. The highest BCUT2D eigenvalue weighted by molar-refractivity contribution is 9.10. The minimum atomic E-state index is -0.757. The Bertz CT molecular complexity index is 517. The fourth-order valence-corrected chi connectivity index (χ4v) is 2.75. The Morgan fingerprint density at radius 1 is 1.33 bits per heavy atom. The number of methoxy groups -OCH3 is 2. The number of carbonyl (C=O) groups is 1. The second-order valence-electron chi connectivity index (χ2n) is 5.14. The number of ether oxygens (including phenoxy) is 2. The molecular formula is C15H20BrNO4. The number of nitrogens with zero attached hydrogens (tertiary/aromatic N) is 1. The Labute approximate surface area is 133 Å². The topological polar surface area (TPSA) is 59.0 Å². The molecule has 1 aliphatic rings. The van der Waals surface area contributed by atoms with Gasteiger partial charge in [-0.25, -0.2) is 0 Å². The van der Waals surface area contributed by atoms with Gasteiger partial charge < -0.3 is 14.6 Å². The molecule has 1 fully saturated rings. The molecule has 0 radical (unpaired) electrons. The largest absolute Gasteiger partial charge is 0.493 e. The predicted octanol–water partition coefficient (Wildman–Crippen LogP) is 2.91. The first-order chi connectivity index (χ1) is 10.0. The fourth-order valence-electron chi connectivity index (χ4n) is 2.31. The van der Waals surface area contributed by atoms with Crippen molar-refractivity contribution in [1.82, 2.24) is 4.90 Å². The van der Waals surface area contributed by atoms with Gasteiger partial charge in [0.25, 0.3) is 0 Å². The van der Waals surface area contributed by atoms with Gasteiger partial charge in [0.1, 0.15) is 0 Å². The van der Waals surface area contributed by atoms with Gasteiger partial charge in [0, 0.05) is 23.6 Å². The normalized spacial score (nSPS) is 14.3. The third kappa shape index (κ3) is 4.35. The van der Waals surface area contributed by atoms with Gasteiger partial charge in [-0.2, -0.15) is 0 Å². The summed E-state index contributed by atoms with van der Waals surface area (Å²) in [5.41, 5.74) is 1.07. The molecule has 0 unspecified atom stereocenters. The molecule has 1 saturated carbocycles. The lowest BCUT2D eigenvalue weighted by molar-refractivity contribution is -0.137. The maximum Gasteiger partial charge on any atom is 0.304 e. The molecule has 0 atom stereocenters. The van der Waals surface area contributed by atoms with E-state index in [2.05, 4.69) is 20.8 Å². The van der Waals surface area contributed by atoms with Gasteiger partial charge in [-0.3, -0.25) is 9.69 Å². The van der Waals surface area contributed by atoms with Crippen molar-refractivity contribution in [3.05, 3.63) is 22.2 Å². The van der Waals surface area contributed by atoms with Crippen LogP contribution in [0.3, 0.4) is 0 Å². The van der Waals surface area contributed by atoms with Gasteiger partial charge >= 0.3 is 5.97 Å². The quantitative estimate of drug-likeness (QED) is 0.774. The molecule has 0 aromatic heterocycles. The van der Waals surface area contributed by atoms with E-state index in [1.54, 1.807) is 14.2 Å². The van der Waals surface area contributed by atoms with Crippen LogP contribution in [0.2, 0.25) is 0 Å². The van der Waals surface area contributed by atoms with E-state index in [1.165, 1.54) is 0 Å². The Morgan fingerprint density at radius 2 is 1.95 bits per heavy atom. The van der Waals surface area contributed by atoms with E-state index in [4.69, 9.17) is 14.6 Å². The van der Waals surface area contributed by atoms with Crippen LogP contribution in [0.1, 0.15) is 24.8 Å². The van der Waals surface area contributed by atoms with Crippen LogP contribution >= 0.6 is 15.9 Å². The smallest absolute Gasteiger partial charge is 0.304 e. The summed E-state index contributed by atoms with van der Waals surface area (Å²) in [6, 6.07) is 4.33. The van der Waals surface area contributed by atoms with Crippen LogP contribution in [-0.2, 0) is 11.3 Å². The molecule has 6 heteroatoms. The van der Waals surface area contributed by atoms with Crippen molar-refractivity contribution >= 4 is 21.9 Å². The van der Waals surface area contributed by atoms with Crippen molar-refractivity contribution in [3.8, 4) is 11.5 Å². The molecule has 21 heavy (non-hydrogen) atoms. The number of rotatable bonds is 8. The van der Waals surface area contributed by atoms with Crippen molar-refractivity contribution in [2.75, 3.05) is 20.8 Å². The van der Waals surface area contributed by atoms with Crippen molar-refractivity contribution < 1.29 is 19.4 Å². The van der Waals surface area contributed by atoms with Gasteiger partial charge in [0.15, 0.2) is 11.5 Å². The minimum Gasteiger partial charge on any atom is -0.493 e. The highest BCUT2D eigenvalue weighted by Crippen LogP contribution is 2.35. The minimum absolute atomic E-state index is 0.168. The van der Waals surface area contributed by atoms with Gasteiger partial charge in [0.05, 0.1) is 20.6 Å². The summed E-state index contributed by atoms with van der Waals surface area (Å²) >= 11 is 3.55. The van der Waals surface area contributed by atoms with Crippen LogP contribution in [0.4, 0.5) is 0 Å². The van der Waals surface area contributed by atoms with Crippen molar-refractivity contribution in [3.63, 3.8) is 0 Å². The monoisotopic (exact) mass is 357 g/mol. The standard InChI is InChI=1S/C15H20BrNO4/c1-20-13-7-10(12(16)8-14(13)21-2)9-17(11-3-4-11)6-5-15(18)19/h7-8,11H,3-6,9H2,1-2H3,(H,18,19). The molecule has 0 spiro atoms. The number of hydrogen-bond acceptors (Lipinski definition) is 4. The third-order valence-corrected chi connectivity index (χ3v) is 4.34. The second kappa shape index (κ2) is 7.13. The van der Waals surface area contributed by atoms with Gasteiger partial charge in [0.2, 0.25) is 0 Å². The molecule has 1 aromatic carbocycles. The van der Waals surface area contributed by atoms with Crippen LogP contribution in [0, 0.1) is 0 Å². The molecule has 0 heterocycles. The number of carboxylic acid groups (broad SMARTS) is 1. The van der Waals surface area contributed by atoms with Crippen LogP contribution in [-0.4, -0.2) is 42.8 Å². The highest BCUT2D eigenvalue weighted by Gasteiger charge is 2.29. The van der Waals surface area contributed by atoms with Crippen molar-refractivity contribution in [2.24, 2.45) is 0 Å². The Hall–Kier alpha value is -1.27. The number of carboxylic acids is 1. The van der Waals surface area contributed by atoms with Crippen LogP contribution in [0.25, 0.3) is 0 Å². The Morgan fingerprint density at radius 3 is 2.48 bits per heavy atom. The fraction of sp³-hybridized carbons (Fsp3) is 0.533. The zero-order chi connectivity index (χ0) is 15.4. The van der Waals surface area contributed by atoms with E-state index >= 15 is 0 Å². The lowest BCUT2D eigenvalue weighted by Gasteiger charge is -2.22. The Kier molecular flexibility index (Phi) is 5.47. The van der Waals surface area contributed by atoms with E-state index in [-0.39, 0.29) is 6.42 Å². The average molecular weight is 358 g/mol. The Balaban J connectivity index is 2.14. The molecule has 2 rings (SSSR count). The SMILES string of the molecule is COc1cc(Br)c(CN(CCC(=O)O)C2CC2)cc1OC. The van der Waals surface area contributed by atoms with Crippen molar-refractivity contribution in [1.29, 1.82) is 0 Å². The number of halogens is 1. The average Bonchev–Trinajstić information content (AvgIpc) is 3.28. The third-order valence-electron chi connectivity index (χ3n) is 3.60. The first kappa shape index (κ1) is 16.1. The summed E-state index contributed by atoms with van der Waals surface area (Å²) < 4.78 is 11.5. The molecule has 1 N–H and O–H groups in total. The molecule has 1 aliphatic carbocycles. The summed E-state index contributed by atoms with van der Waals surface area (Å²) in [6.07, 6.45) is 2.45. The van der Waals surface area contributed by atoms with Crippen LogP contribution < -0.4 is 9.47 Å². The van der Waals surface area contributed by atoms with Crippen molar-refractivity contribution in [2.45, 2.75) is 31.8 Å². The van der Waals surface area contributed by atoms with Crippen LogP contribution in [0.15, 0.2) is 16.6 Å². The maximum atomic E-state index is 10.8. The molecule has 0 amide bonds. The van der Waals surface area contributed by atoms with Crippen LogP contribution in [0.5, 0.6) is 11.5 Å². The number of hydrogen-bond donors (Lipinski definition) is 1. The molecule has 0 saturated heterocycles. The zero-order valence-electron chi connectivity index (χ0n) is 12.3. The van der Waals surface area contributed by atoms with E-state index in [0.717, 1.165) is 22.9 Å². The first-order valence-electron chi connectivity index (χ1n) is 6.91. The highest BCUT2D eigenvalue weighted by atomic mass is 79.9. The first-order valence-corrected chi connectivity index (χ1v) is 7.70. The van der Waals surface area contributed by atoms with Gasteiger partial charge in [-0.1, -0.05) is 15.9 Å². The van der Waals surface area contributed by atoms with E-state index in [0.29, 0.717) is 30.6 Å². The van der Waals surface area contributed by atoms with E-state index in [1.807, 2.05) is 12.1 Å². The molecule has 1 aromatic rings. The van der Waals surface area contributed by atoms with E-state index in [9.17, 15) is 4.79 Å².